The number of nitriles is 1. The fourth-order valence-electron chi connectivity index (χ4n) is 2.44. The van der Waals surface area contributed by atoms with Crippen LogP contribution >= 0.6 is 11.6 Å². The van der Waals surface area contributed by atoms with Crippen molar-refractivity contribution < 1.29 is 9.53 Å². The Balaban J connectivity index is 2.39. The molecule has 2 N–H and O–H groups in total. The number of esters is 1. The number of carbonyl (C=O) groups excluding carboxylic acids is 1. The van der Waals surface area contributed by atoms with E-state index < -0.39 is 5.97 Å². The molecule has 0 saturated heterocycles. The van der Waals surface area contributed by atoms with Crippen LogP contribution in [0.5, 0.6) is 0 Å². The Morgan fingerprint density at radius 1 is 1.43 bits per heavy atom. The summed E-state index contributed by atoms with van der Waals surface area (Å²) in [5.41, 5.74) is 7.50. The van der Waals surface area contributed by atoms with E-state index >= 15 is 0 Å². The summed E-state index contributed by atoms with van der Waals surface area (Å²) in [6.07, 6.45) is 3.13. The summed E-state index contributed by atoms with van der Waals surface area (Å²) in [5, 5.41) is 10.4. The van der Waals surface area contributed by atoms with Crippen LogP contribution < -0.4 is 5.73 Å². The topological polar surface area (TPSA) is 93.9 Å². The van der Waals surface area contributed by atoms with E-state index in [2.05, 4.69) is 4.98 Å². The molecule has 0 atom stereocenters. The third kappa shape index (κ3) is 2.28. The van der Waals surface area contributed by atoms with E-state index in [4.69, 9.17) is 22.1 Å². The third-order valence-corrected chi connectivity index (χ3v) is 3.81. The first-order chi connectivity index (χ1) is 11.1. The number of nitrogens with zero attached hydrogens (tertiary/aromatic N) is 3. The summed E-state index contributed by atoms with van der Waals surface area (Å²) in [7, 11) is 1.26. The van der Waals surface area contributed by atoms with Gasteiger partial charge in [0.1, 0.15) is 6.07 Å². The second kappa shape index (κ2) is 5.63. The van der Waals surface area contributed by atoms with Crippen molar-refractivity contribution in [2.45, 2.75) is 0 Å². The smallest absolute Gasteiger partial charge is 0.357 e. The summed E-state index contributed by atoms with van der Waals surface area (Å²) in [6, 6.07) is 8.97. The molecule has 0 fully saturated rings. The van der Waals surface area contributed by atoms with E-state index in [-0.39, 0.29) is 16.9 Å². The van der Waals surface area contributed by atoms with Crippen LogP contribution in [0.3, 0.4) is 0 Å². The molecule has 0 radical (unpaired) electrons. The van der Waals surface area contributed by atoms with Crippen LogP contribution in [0, 0.1) is 11.3 Å². The molecule has 0 amide bonds. The summed E-state index contributed by atoms with van der Waals surface area (Å²) < 4.78 is 6.31. The Kier molecular flexibility index (Phi) is 3.64. The molecule has 2 aromatic heterocycles. The quantitative estimate of drug-likeness (QED) is 0.731. The first-order valence-electron chi connectivity index (χ1n) is 6.61. The predicted molar refractivity (Wildman–Crippen MR) is 86.5 cm³/mol. The third-order valence-electron chi connectivity index (χ3n) is 3.50. The first kappa shape index (κ1) is 14.9. The van der Waals surface area contributed by atoms with E-state index in [9.17, 15) is 10.1 Å². The number of ether oxygens (including phenoxy) is 1. The van der Waals surface area contributed by atoms with E-state index in [0.717, 1.165) is 5.39 Å². The predicted octanol–water partition coefficient (Wildman–Crippen LogP) is 2.92. The highest BCUT2D eigenvalue weighted by Crippen LogP contribution is 2.31. The zero-order chi connectivity index (χ0) is 16.6. The van der Waals surface area contributed by atoms with E-state index in [1.807, 2.05) is 12.1 Å². The lowest BCUT2D eigenvalue weighted by atomic mass is 10.1. The molecule has 3 aromatic rings. The summed E-state index contributed by atoms with van der Waals surface area (Å²) >= 11 is 6.17. The van der Waals surface area contributed by atoms with Gasteiger partial charge in [-0.2, -0.15) is 5.26 Å². The fraction of sp³-hybridized carbons (Fsp3) is 0.0625. The van der Waals surface area contributed by atoms with Gasteiger partial charge in [-0.1, -0.05) is 11.6 Å². The molecule has 0 saturated carbocycles. The molecular formula is C16H11ClN4O2. The molecule has 6 nitrogen and oxygen atoms in total. The number of carbonyl (C=O) groups is 1. The van der Waals surface area contributed by atoms with Gasteiger partial charge in [0.25, 0.3) is 0 Å². The molecule has 0 aliphatic heterocycles. The maximum Gasteiger partial charge on any atom is 0.357 e. The average molecular weight is 327 g/mol. The first-order valence-corrected chi connectivity index (χ1v) is 6.99. The maximum absolute atomic E-state index is 12.1. The summed E-state index contributed by atoms with van der Waals surface area (Å²) in [4.78, 5) is 16.3. The molecule has 0 aliphatic carbocycles. The van der Waals surface area contributed by atoms with Gasteiger partial charge in [0, 0.05) is 17.8 Å². The Morgan fingerprint density at radius 2 is 2.22 bits per heavy atom. The van der Waals surface area contributed by atoms with E-state index in [1.165, 1.54) is 17.9 Å². The van der Waals surface area contributed by atoms with Gasteiger partial charge >= 0.3 is 5.97 Å². The second-order valence-electron chi connectivity index (χ2n) is 4.74. The zero-order valence-corrected chi connectivity index (χ0v) is 12.8. The van der Waals surface area contributed by atoms with Crippen LogP contribution in [-0.2, 0) is 4.74 Å². The number of halogens is 1. The van der Waals surface area contributed by atoms with Gasteiger partial charge in [0.2, 0.25) is 0 Å². The number of benzene rings is 1. The lowest BCUT2D eigenvalue weighted by molar-refractivity contribution is 0.0593. The normalized spacial score (nSPS) is 10.5. The number of aromatic nitrogens is 2. The highest BCUT2D eigenvalue weighted by atomic mass is 35.5. The molecular weight excluding hydrogens is 316 g/mol. The summed E-state index contributed by atoms with van der Waals surface area (Å²) in [6.45, 7) is 0. The minimum Gasteiger partial charge on any atom is -0.464 e. The second-order valence-corrected chi connectivity index (χ2v) is 5.15. The van der Waals surface area contributed by atoms with Gasteiger partial charge in [-0.3, -0.25) is 4.98 Å². The SMILES string of the molecule is COC(=O)c1c(N)c(C#N)cn1-c1ccc(Cl)c2ncccc12. The van der Waals surface area contributed by atoms with Gasteiger partial charge in [-0.25, -0.2) is 4.79 Å². The average Bonchev–Trinajstić information content (AvgIpc) is 2.91. The number of hydrogen-bond donors (Lipinski definition) is 1. The van der Waals surface area contributed by atoms with Gasteiger partial charge in [0.05, 0.1) is 34.6 Å². The fourth-order valence-corrected chi connectivity index (χ4v) is 2.65. The Morgan fingerprint density at radius 3 is 2.91 bits per heavy atom. The number of fused-ring (bicyclic) bond motifs is 1. The van der Waals surface area contributed by atoms with Crippen molar-refractivity contribution >= 4 is 34.2 Å². The molecule has 23 heavy (non-hydrogen) atoms. The molecule has 0 bridgehead atoms. The van der Waals surface area contributed by atoms with Gasteiger partial charge in [0.15, 0.2) is 5.69 Å². The number of rotatable bonds is 2. The van der Waals surface area contributed by atoms with Gasteiger partial charge < -0.3 is 15.0 Å². The van der Waals surface area contributed by atoms with Crippen molar-refractivity contribution in [3.8, 4) is 11.8 Å². The highest BCUT2D eigenvalue weighted by molar-refractivity contribution is 6.35. The Hall–Kier alpha value is -3.04. The van der Waals surface area contributed by atoms with Crippen molar-refractivity contribution in [3.05, 3.63) is 52.9 Å². The van der Waals surface area contributed by atoms with Crippen LogP contribution in [0.2, 0.25) is 5.02 Å². The molecule has 2 heterocycles. The van der Waals surface area contributed by atoms with Crippen molar-refractivity contribution in [3.63, 3.8) is 0 Å². The van der Waals surface area contributed by atoms with Crippen molar-refractivity contribution in [1.82, 2.24) is 9.55 Å². The van der Waals surface area contributed by atoms with Crippen LogP contribution in [-0.4, -0.2) is 22.6 Å². The Labute approximate surface area is 136 Å². The molecule has 0 aliphatic rings. The number of nitrogen functional groups attached to an aromatic ring is 1. The molecule has 7 heteroatoms. The number of methoxy groups -OCH3 is 1. The van der Waals surface area contributed by atoms with Gasteiger partial charge in [-0.05, 0) is 24.3 Å². The van der Waals surface area contributed by atoms with E-state index in [0.29, 0.717) is 16.2 Å². The molecule has 3 rings (SSSR count). The van der Waals surface area contributed by atoms with Crippen LogP contribution in [0.4, 0.5) is 5.69 Å². The highest BCUT2D eigenvalue weighted by Gasteiger charge is 2.22. The Bertz CT molecular complexity index is 972. The number of hydrogen-bond acceptors (Lipinski definition) is 5. The monoisotopic (exact) mass is 326 g/mol. The van der Waals surface area contributed by atoms with E-state index in [1.54, 1.807) is 24.4 Å². The van der Waals surface area contributed by atoms with Crippen molar-refractivity contribution in [1.29, 1.82) is 5.26 Å². The number of anilines is 1. The lowest BCUT2D eigenvalue weighted by Crippen LogP contribution is -2.11. The van der Waals surface area contributed by atoms with Crippen LogP contribution in [0.15, 0.2) is 36.7 Å². The maximum atomic E-state index is 12.1. The lowest BCUT2D eigenvalue weighted by Gasteiger charge is -2.11. The van der Waals surface area contributed by atoms with Crippen molar-refractivity contribution in [2.24, 2.45) is 0 Å². The summed E-state index contributed by atoms with van der Waals surface area (Å²) in [5.74, 6) is -0.629. The molecule has 114 valence electrons. The van der Waals surface area contributed by atoms with Crippen LogP contribution in [0.25, 0.3) is 16.6 Å². The zero-order valence-electron chi connectivity index (χ0n) is 12.1. The molecule has 1 aromatic carbocycles. The van der Waals surface area contributed by atoms with Crippen molar-refractivity contribution in [2.75, 3.05) is 12.8 Å². The minimum absolute atomic E-state index is 0.0753. The number of pyridine rings is 1. The molecule has 0 unspecified atom stereocenters. The minimum atomic E-state index is -0.629. The standard InChI is InChI=1S/C16H11ClN4O2/c1-23-16(22)15-13(19)9(7-18)8-21(15)12-5-4-11(17)14-10(12)3-2-6-20-14/h2-6,8H,19H2,1H3. The van der Waals surface area contributed by atoms with Gasteiger partial charge in [-0.15, -0.1) is 0 Å². The van der Waals surface area contributed by atoms with Crippen LogP contribution in [0.1, 0.15) is 16.1 Å². The largest absolute Gasteiger partial charge is 0.464 e. The molecule has 0 spiro atoms. The number of nitrogens with two attached hydrogens (primary N) is 1.